The molecule has 0 aliphatic carbocycles. The number of nitrogens with zero attached hydrogens (tertiary/aromatic N) is 3. The van der Waals surface area contributed by atoms with Crippen molar-refractivity contribution in [1.82, 2.24) is 10.2 Å². The number of piperidine rings is 1. The van der Waals surface area contributed by atoms with Crippen molar-refractivity contribution < 1.29 is 9.21 Å². The van der Waals surface area contributed by atoms with Crippen molar-refractivity contribution in [2.45, 2.75) is 24.5 Å². The Bertz CT molecular complexity index is 1280. The van der Waals surface area contributed by atoms with Crippen LogP contribution in [0, 0.1) is 0 Å². The highest BCUT2D eigenvalue weighted by atomic mass is 35.5. The zero-order valence-electron chi connectivity index (χ0n) is 18.0. The minimum atomic E-state index is -0.148. The number of anilines is 2. The van der Waals surface area contributed by atoms with Crippen LogP contribution in [0.2, 0.25) is 5.02 Å². The molecular weight excluding hydrogens is 456 g/mol. The summed E-state index contributed by atoms with van der Waals surface area (Å²) in [5, 5.41) is 14.4. The van der Waals surface area contributed by atoms with Gasteiger partial charge in [0.2, 0.25) is 11.8 Å². The van der Waals surface area contributed by atoms with Gasteiger partial charge < -0.3 is 14.6 Å². The highest BCUT2D eigenvalue weighted by Crippen LogP contribution is 2.32. The fourth-order valence-corrected chi connectivity index (χ4v) is 4.86. The summed E-state index contributed by atoms with van der Waals surface area (Å²) in [5.41, 5.74) is 2.62. The molecule has 3 aromatic carbocycles. The predicted octanol–water partition coefficient (Wildman–Crippen LogP) is 6.26. The molecule has 4 aromatic rings. The second-order valence-corrected chi connectivity index (χ2v) is 9.31. The average molecular weight is 479 g/mol. The van der Waals surface area contributed by atoms with E-state index in [1.54, 1.807) is 6.07 Å². The monoisotopic (exact) mass is 478 g/mol. The summed E-state index contributed by atoms with van der Waals surface area (Å²) in [4.78, 5) is 15.0. The lowest BCUT2D eigenvalue weighted by molar-refractivity contribution is -0.113. The Balaban J connectivity index is 1.26. The molecule has 5 rings (SSSR count). The van der Waals surface area contributed by atoms with Crippen LogP contribution in [-0.2, 0) is 4.79 Å². The Morgan fingerprint density at radius 3 is 2.73 bits per heavy atom. The largest absolute Gasteiger partial charge is 0.411 e. The van der Waals surface area contributed by atoms with E-state index >= 15 is 0 Å². The van der Waals surface area contributed by atoms with Gasteiger partial charge in [0.05, 0.1) is 17.1 Å². The second kappa shape index (κ2) is 9.85. The number of hydrogen-bond donors (Lipinski definition) is 1. The van der Waals surface area contributed by atoms with Crippen molar-refractivity contribution >= 4 is 51.4 Å². The molecule has 1 amide bonds. The maximum Gasteiger partial charge on any atom is 0.277 e. The molecule has 168 valence electrons. The van der Waals surface area contributed by atoms with Gasteiger partial charge in [-0.3, -0.25) is 4.79 Å². The lowest BCUT2D eigenvalue weighted by Gasteiger charge is -2.30. The smallest absolute Gasteiger partial charge is 0.277 e. The van der Waals surface area contributed by atoms with Gasteiger partial charge in [0.1, 0.15) is 0 Å². The topological polar surface area (TPSA) is 71.3 Å². The molecule has 0 atom stereocenters. The number of aromatic nitrogens is 2. The minimum Gasteiger partial charge on any atom is -0.411 e. The van der Waals surface area contributed by atoms with Crippen LogP contribution in [-0.4, -0.2) is 34.9 Å². The number of hydrogen-bond acceptors (Lipinski definition) is 6. The van der Waals surface area contributed by atoms with Crippen LogP contribution in [0.4, 0.5) is 11.4 Å². The first-order valence-electron chi connectivity index (χ1n) is 11.0. The molecule has 0 bridgehead atoms. The van der Waals surface area contributed by atoms with Gasteiger partial charge in [-0.1, -0.05) is 59.8 Å². The third-order valence-electron chi connectivity index (χ3n) is 5.68. The van der Waals surface area contributed by atoms with Gasteiger partial charge in [-0.2, -0.15) is 0 Å². The molecule has 0 radical (unpaired) electrons. The Hall–Kier alpha value is -3.03. The highest BCUT2D eigenvalue weighted by molar-refractivity contribution is 7.99. The minimum absolute atomic E-state index is 0.148. The number of thioether (sulfide) groups is 1. The van der Waals surface area contributed by atoms with Crippen LogP contribution in [0.15, 0.2) is 70.3 Å². The SMILES string of the molecule is O=C(CSc1nnc(-c2cccc3ccccc23)o1)Nc1cc(Cl)ccc1N1CCCCC1. The lowest BCUT2D eigenvalue weighted by atomic mass is 10.0. The molecule has 0 saturated carbocycles. The van der Waals surface area contributed by atoms with Crippen LogP contribution in [0.1, 0.15) is 19.3 Å². The number of rotatable bonds is 6. The molecular formula is C25H23ClN4O2S. The van der Waals surface area contributed by atoms with Crippen LogP contribution >= 0.6 is 23.4 Å². The Morgan fingerprint density at radius 1 is 1.03 bits per heavy atom. The summed E-state index contributed by atoms with van der Waals surface area (Å²) in [5.74, 6) is 0.450. The molecule has 8 heteroatoms. The summed E-state index contributed by atoms with van der Waals surface area (Å²) in [6, 6.07) is 19.7. The molecule has 1 fully saturated rings. The number of carbonyl (C=O) groups excluding carboxylic acids is 1. The van der Waals surface area contributed by atoms with Gasteiger partial charge in [0, 0.05) is 23.7 Å². The molecule has 6 nitrogen and oxygen atoms in total. The van der Waals surface area contributed by atoms with Crippen LogP contribution in [0.5, 0.6) is 0 Å². The van der Waals surface area contributed by atoms with Gasteiger partial charge in [-0.25, -0.2) is 0 Å². The molecule has 33 heavy (non-hydrogen) atoms. The van der Waals surface area contributed by atoms with Gasteiger partial charge >= 0.3 is 0 Å². The van der Waals surface area contributed by atoms with Crippen LogP contribution in [0.25, 0.3) is 22.2 Å². The quantitative estimate of drug-likeness (QED) is 0.329. The first kappa shape index (κ1) is 21.8. The number of benzene rings is 3. The zero-order valence-corrected chi connectivity index (χ0v) is 19.5. The van der Waals surface area contributed by atoms with Crippen molar-refractivity contribution in [1.29, 1.82) is 0 Å². The zero-order chi connectivity index (χ0) is 22.6. The summed E-state index contributed by atoms with van der Waals surface area (Å²) in [6.07, 6.45) is 3.55. The van der Waals surface area contributed by atoms with E-state index in [0.717, 1.165) is 53.6 Å². The third kappa shape index (κ3) is 4.99. The normalized spacial score (nSPS) is 13.9. The molecule has 1 N–H and O–H groups in total. The van der Waals surface area contributed by atoms with Crippen molar-refractivity contribution in [3.05, 3.63) is 65.7 Å². The number of amides is 1. The molecule has 1 aliphatic rings. The van der Waals surface area contributed by atoms with E-state index in [9.17, 15) is 4.79 Å². The maximum atomic E-state index is 12.7. The molecule has 0 unspecified atom stereocenters. The number of fused-ring (bicyclic) bond motifs is 1. The van der Waals surface area contributed by atoms with Gasteiger partial charge in [-0.05, 0) is 54.3 Å². The fourth-order valence-electron chi connectivity index (χ4n) is 4.12. The first-order valence-corrected chi connectivity index (χ1v) is 12.3. The Labute approximate surface area is 201 Å². The standard InChI is InChI=1S/C25H23ClN4O2S/c26-18-11-12-22(30-13-4-1-5-14-30)21(15-18)27-23(31)16-33-25-29-28-24(32-25)20-10-6-8-17-7-2-3-9-19(17)20/h2-3,6-12,15H,1,4-5,13-14,16H2,(H,27,31). The number of nitrogens with one attached hydrogen (secondary N) is 1. The van der Waals surface area contributed by atoms with Crippen LogP contribution in [0.3, 0.4) is 0 Å². The van der Waals surface area contributed by atoms with E-state index in [0.29, 0.717) is 16.1 Å². The van der Waals surface area contributed by atoms with Crippen molar-refractivity contribution in [3.8, 4) is 11.5 Å². The van der Waals surface area contributed by atoms with Crippen LogP contribution < -0.4 is 10.2 Å². The molecule has 1 aliphatic heterocycles. The Morgan fingerprint density at radius 2 is 1.85 bits per heavy atom. The summed E-state index contributed by atoms with van der Waals surface area (Å²) in [7, 11) is 0. The summed E-state index contributed by atoms with van der Waals surface area (Å²) in [6.45, 7) is 1.97. The summed E-state index contributed by atoms with van der Waals surface area (Å²) < 4.78 is 5.85. The van der Waals surface area contributed by atoms with E-state index in [1.165, 1.54) is 18.2 Å². The predicted molar refractivity (Wildman–Crippen MR) is 134 cm³/mol. The Kier molecular flexibility index (Phi) is 6.51. The number of halogens is 1. The van der Waals surface area contributed by atoms with Crippen molar-refractivity contribution in [2.24, 2.45) is 0 Å². The average Bonchev–Trinajstić information content (AvgIpc) is 3.32. The fraction of sp³-hybridized carbons (Fsp3) is 0.240. The maximum absolute atomic E-state index is 12.7. The van der Waals surface area contributed by atoms with Gasteiger partial charge in [0.25, 0.3) is 5.22 Å². The van der Waals surface area contributed by atoms with E-state index in [2.05, 4.69) is 20.4 Å². The van der Waals surface area contributed by atoms with Crippen molar-refractivity contribution in [3.63, 3.8) is 0 Å². The van der Waals surface area contributed by atoms with E-state index < -0.39 is 0 Å². The first-order chi connectivity index (χ1) is 16.2. The van der Waals surface area contributed by atoms with E-state index in [1.807, 2.05) is 54.6 Å². The van der Waals surface area contributed by atoms with Crippen molar-refractivity contribution in [2.75, 3.05) is 29.1 Å². The third-order valence-corrected chi connectivity index (χ3v) is 6.74. The molecule has 1 saturated heterocycles. The molecule has 2 heterocycles. The van der Waals surface area contributed by atoms with E-state index in [-0.39, 0.29) is 11.7 Å². The van der Waals surface area contributed by atoms with Gasteiger partial charge in [0.15, 0.2) is 0 Å². The molecule has 0 spiro atoms. The lowest BCUT2D eigenvalue weighted by Crippen LogP contribution is -2.30. The molecule has 1 aromatic heterocycles. The number of carbonyl (C=O) groups is 1. The summed E-state index contributed by atoms with van der Waals surface area (Å²) >= 11 is 7.42. The van der Waals surface area contributed by atoms with E-state index in [4.69, 9.17) is 16.0 Å². The second-order valence-electron chi connectivity index (χ2n) is 7.95. The highest BCUT2D eigenvalue weighted by Gasteiger charge is 2.18. The van der Waals surface area contributed by atoms with Gasteiger partial charge in [-0.15, -0.1) is 10.2 Å².